The van der Waals surface area contributed by atoms with Gasteiger partial charge in [-0.1, -0.05) is 58.7 Å². The van der Waals surface area contributed by atoms with Crippen molar-refractivity contribution in [1.82, 2.24) is 29.8 Å². The number of halogens is 7. The highest BCUT2D eigenvalue weighted by molar-refractivity contribution is 6.31. The number of benzene rings is 3. The van der Waals surface area contributed by atoms with Crippen LogP contribution < -0.4 is 0 Å². The smallest absolute Gasteiger partial charge is 0.388 e. The molecule has 0 bridgehead atoms. The van der Waals surface area contributed by atoms with Gasteiger partial charge in [-0.25, -0.2) is 23.1 Å². The van der Waals surface area contributed by atoms with E-state index in [2.05, 4.69) is 20.4 Å². The second kappa shape index (κ2) is 12.5. The van der Waals surface area contributed by atoms with E-state index in [1.165, 1.54) is 17.8 Å². The van der Waals surface area contributed by atoms with Crippen molar-refractivity contribution in [2.24, 2.45) is 0 Å². The van der Waals surface area contributed by atoms with E-state index < -0.39 is 70.8 Å². The zero-order chi connectivity index (χ0) is 33.9. The van der Waals surface area contributed by atoms with Gasteiger partial charge in [0.25, 0.3) is 0 Å². The van der Waals surface area contributed by atoms with Crippen LogP contribution in [0.25, 0.3) is 16.9 Å². The van der Waals surface area contributed by atoms with E-state index in [1.807, 2.05) is 6.07 Å². The third kappa shape index (κ3) is 5.95. The fraction of sp³-hybridized carbons (Fsp3) is 0.290. The molecule has 250 valence electrons. The number of aromatic nitrogens is 6. The van der Waals surface area contributed by atoms with Crippen molar-refractivity contribution >= 4 is 23.2 Å². The highest BCUT2D eigenvalue weighted by atomic mass is 35.5. The predicted octanol–water partition coefficient (Wildman–Crippen LogP) is 6.59. The average Bonchev–Trinajstić information content (AvgIpc) is 3.70. The SMILES string of the molecule is Cc1nc(C2OC3COC(c4ccccc4)O[C@@H]3C(n3cc(-c4cc(F)c(Cl)c(F)c4)nn3)C2O)n(-c2cc(Cl)ccc2C(F)(F)F)n1. The van der Waals surface area contributed by atoms with E-state index in [0.717, 1.165) is 35.0 Å². The van der Waals surface area contributed by atoms with Crippen LogP contribution in [0.3, 0.4) is 0 Å². The molecule has 1 N–H and O–H groups in total. The highest BCUT2D eigenvalue weighted by Crippen LogP contribution is 2.45. The van der Waals surface area contributed by atoms with E-state index in [9.17, 15) is 27.1 Å². The van der Waals surface area contributed by atoms with Crippen molar-refractivity contribution in [2.45, 2.75) is 49.8 Å². The summed E-state index contributed by atoms with van der Waals surface area (Å²) in [5, 5.41) is 23.7. The fourth-order valence-corrected chi connectivity index (χ4v) is 6.16. The molecular formula is C31H23Cl2F5N6O4. The summed E-state index contributed by atoms with van der Waals surface area (Å²) in [5.41, 5.74) is -0.753. The predicted molar refractivity (Wildman–Crippen MR) is 159 cm³/mol. The molecule has 5 aromatic rings. The summed E-state index contributed by atoms with van der Waals surface area (Å²) in [6.45, 7) is 1.41. The van der Waals surface area contributed by atoms with Gasteiger partial charge in [-0.05, 0) is 37.3 Å². The molecule has 2 saturated heterocycles. The number of aliphatic hydroxyl groups excluding tert-OH is 1. The minimum atomic E-state index is -4.79. The van der Waals surface area contributed by atoms with Gasteiger partial charge in [-0.2, -0.15) is 18.3 Å². The molecular weight excluding hydrogens is 686 g/mol. The summed E-state index contributed by atoms with van der Waals surface area (Å²) < 4.78 is 91.8. The first-order valence-corrected chi connectivity index (χ1v) is 15.2. The van der Waals surface area contributed by atoms with Gasteiger partial charge in [0.2, 0.25) is 0 Å². The molecule has 48 heavy (non-hydrogen) atoms. The second-order valence-corrected chi connectivity index (χ2v) is 12.0. The Hall–Kier alpha value is -3.99. The zero-order valence-corrected chi connectivity index (χ0v) is 26.0. The van der Waals surface area contributed by atoms with Gasteiger partial charge in [0, 0.05) is 16.1 Å². The zero-order valence-electron chi connectivity index (χ0n) is 24.5. The maximum absolute atomic E-state index is 14.3. The lowest BCUT2D eigenvalue weighted by atomic mass is 9.91. The first-order valence-electron chi connectivity index (χ1n) is 14.4. The maximum atomic E-state index is 14.3. The molecule has 17 heteroatoms. The Bertz CT molecular complexity index is 1950. The Morgan fingerprint density at radius 1 is 0.979 bits per heavy atom. The van der Waals surface area contributed by atoms with Gasteiger partial charge < -0.3 is 19.3 Å². The molecule has 7 rings (SSSR count). The van der Waals surface area contributed by atoms with Gasteiger partial charge in [0.15, 0.2) is 12.1 Å². The number of hydrogen-bond acceptors (Lipinski definition) is 8. The van der Waals surface area contributed by atoms with Crippen LogP contribution in [-0.4, -0.2) is 59.8 Å². The van der Waals surface area contributed by atoms with E-state index in [4.69, 9.17) is 37.4 Å². The Labute approximate surface area is 278 Å². The van der Waals surface area contributed by atoms with Gasteiger partial charge >= 0.3 is 6.18 Å². The number of fused-ring (bicyclic) bond motifs is 1. The van der Waals surface area contributed by atoms with Gasteiger partial charge in [-0.15, -0.1) is 5.10 Å². The molecule has 2 aliphatic heterocycles. The number of ether oxygens (including phenoxy) is 3. The Balaban J connectivity index is 1.32. The van der Waals surface area contributed by atoms with Crippen LogP contribution in [0.5, 0.6) is 0 Å². The minimum absolute atomic E-state index is 0.00593. The van der Waals surface area contributed by atoms with E-state index in [-0.39, 0.29) is 34.5 Å². The molecule has 2 aromatic heterocycles. The number of nitrogens with zero attached hydrogens (tertiary/aromatic N) is 6. The molecule has 0 spiro atoms. The van der Waals surface area contributed by atoms with Crippen molar-refractivity contribution in [3.63, 3.8) is 0 Å². The Morgan fingerprint density at radius 3 is 2.42 bits per heavy atom. The summed E-state index contributed by atoms with van der Waals surface area (Å²) >= 11 is 11.8. The van der Waals surface area contributed by atoms with Crippen LogP contribution in [-0.2, 0) is 20.4 Å². The molecule has 4 heterocycles. The summed E-state index contributed by atoms with van der Waals surface area (Å²) in [5.74, 6) is -2.11. The second-order valence-electron chi connectivity index (χ2n) is 11.2. The number of aryl methyl sites for hydroxylation is 1. The third-order valence-electron chi connectivity index (χ3n) is 8.03. The molecule has 3 aromatic carbocycles. The number of hydrogen-bond donors (Lipinski definition) is 1. The summed E-state index contributed by atoms with van der Waals surface area (Å²) in [6, 6.07) is 12.8. The average molecular weight is 709 g/mol. The molecule has 0 radical (unpaired) electrons. The van der Waals surface area contributed by atoms with Crippen molar-refractivity contribution in [1.29, 1.82) is 0 Å². The van der Waals surface area contributed by atoms with Crippen LogP contribution in [0.2, 0.25) is 10.0 Å². The quantitative estimate of drug-likeness (QED) is 0.161. The van der Waals surface area contributed by atoms with E-state index >= 15 is 0 Å². The van der Waals surface area contributed by atoms with Crippen LogP contribution in [0.1, 0.15) is 41.2 Å². The standard InChI is InChI=1S/C31H23Cl2F5N6O4/c1-14-39-29(44(41-14)22-11-17(32)7-8-18(22)31(36,37)38)28-26(45)25(27-23(47-28)13-46-30(48-27)15-5-3-2-4-6-15)43-12-21(40-42-43)16-9-19(34)24(33)20(35)10-16/h2-12,23,25-28,30,45H,13H2,1H3/t23?,25?,26?,27-,28?,30?/m0/s1. The van der Waals surface area contributed by atoms with Crippen molar-refractivity contribution < 1.29 is 41.3 Å². The van der Waals surface area contributed by atoms with Crippen LogP contribution in [0, 0.1) is 18.6 Å². The molecule has 6 atom stereocenters. The lowest BCUT2D eigenvalue weighted by Gasteiger charge is -2.47. The van der Waals surface area contributed by atoms with Crippen molar-refractivity contribution in [3.8, 4) is 16.9 Å². The first-order chi connectivity index (χ1) is 22.9. The monoisotopic (exact) mass is 708 g/mol. The van der Waals surface area contributed by atoms with E-state index in [1.54, 1.807) is 24.3 Å². The lowest BCUT2D eigenvalue weighted by molar-refractivity contribution is -0.319. The molecule has 2 aliphatic rings. The van der Waals surface area contributed by atoms with Gasteiger partial charge in [0.05, 0.1) is 24.1 Å². The maximum Gasteiger partial charge on any atom is 0.418 e. The number of aliphatic hydroxyl groups is 1. The third-order valence-corrected chi connectivity index (χ3v) is 8.63. The molecule has 10 nitrogen and oxygen atoms in total. The van der Waals surface area contributed by atoms with Crippen LogP contribution in [0.4, 0.5) is 22.0 Å². The van der Waals surface area contributed by atoms with E-state index in [0.29, 0.717) is 5.56 Å². The first kappa shape index (κ1) is 32.6. The normalized spacial score (nSPS) is 24.4. The van der Waals surface area contributed by atoms with Crippen molar-refractivity contribution in [3.05, 3.63) is 111 Å². The summed E-state index contributed by atoms with van der Waals surface area (Å²) in [7, 11) is 0. The molecule has 0 saturated carbocycles. The molecule has 2 fully saturated rings. The lowest BCUT2D eigenvalue weighted by Crippen LogP contribution is -2.57. The Morgan fingerprint density at radius 2 is 1.71 bits per heavy atom. The van der Waals surface area contributed by atoms with Crippen molar-refractivity contribution in [2.75, 3.05) is 6.61 Å². The van der Waals surface area contributed by atoms with Crippen LogP contribution >= 0.6 is 23.2 Å². The summed E-state index contributed by atoms with van der Waals surface area (Å²) in [6.07, 6.45) is -9.18. The highest BCUT2D eigenvalue weighted by Gasteiger charge is 2.53. The molecule has 0 aliphatic carbocycles. The number of alkyl halides is 3. The van der Waals surface area contributed by atoms with Gasteiger partial charge in [0.1, 0.15) is 58.6 Å². The molecule has 5 unspecified atom stereocenters. The molecule has 0 amide bonds. The fourth-order valence-electron chi connectivity index (χ4n) is 5.88. The van der Waals surface area contributed by atoms with Crippen LogP contribution in [0.15, 0.2) is 66.9 Å². The Kier molecular flexibility index (Phi) is 8.46. The number of rotatable bonds is 5. The van der Waals surface area contributed by atoms with Gasteiger partial charge in [-0.3, -0.25) is 0 Å². The summed E-state index contributed by atoms with van der Waals surface area (Å²) in [4.78, 5) is 4.36. The topological polar surface area (TPSA) is 109 Å². The largest absolute Gasteiger partial charge is 0.418 e. The minimum Gasteiger partial charge on any atom is -0.388 e.